The molecule has 1 aromatic heterocycles. The van der Waals surface area contributed by atoms with Crippen LogP contribution >= 0.6 is 11.6 Å². The van der Waals surface area contributed by atoms with E-state index in [-0.39, 0.29) is 17.0 Å². The van der Waals surface area contributed by atoms with Gasteiger partial charge in [-0.25, -0.2) is 4.98 Å². The van der Waals surface area contributed by atoms with Gasteiger partial charge in [-0.05, 0) is 6.07 Å². The smallest absolute Gasteiger partial charge is 0.320 e. The number of aliphatic carboxylic acids is 1. The number of halogens is 2. The van der Waals surface area contributed by atoms with Gasteiger partial charge in [0.05, 0.1) is 5.02 Å². The molecule has 1 unspecified atom stereocenters. The second kappa shape index (κ2) is 4.34. The van der Waals surface area contributed by atoms with Gasteiger partial charge in [0.2, 0.25) is 5.95 Å². The van der Waals surface area contributed by atoms with Crippen LogP contribution in [0.2, 0.25) is 5.02 Å². The number of rotatable bonds is 3. The number of nitrogens with two attached hydrogens (primary N) is 1. The lowest BCUT2D eigenvalue weighted by Gasteiger charge is -2.06. The van der Waals surface area contributed by atoms with Crippen molar-refractivity contribution in [1.29, 1.82) is 0 Å². The molecule has 0 fully saturated rings. The van der Waals surface area contributed by atoms with Crippen molar-refractivity contribution in [3.05, 3.63) is 28.8 Å². The summed E-state index contributed by atoms with van der Waals surface area (Å²) in [7, 11) is 0. The monoisotopic (exact) mass is 218 g/mol. The summed E-state index contributed by atoms with van der Waals surface area (Å²) in [4.78, 5) is 13.7. The van der Waals surface area contributed by atoms with E-state index >= 15 is 0 Å². The van der Waals surface area contributed by atoms with Crippen LogP contribution in [-0.2, 0) is 11.2 Å². The van der Waals surface area contributed by atoms with Crippen molar-refractivity contribution in [2.24, 2.45) is 5.73 Å². The van der Waals surface area contributed by atoms with E-state index in [1.54, 1.807) is 0 Å². The van der Waals surface area contributed by atoms with Crippen LogP contribution in [0.3, 0.4) is 0 Å². The molecule has 0 aliphatic carbocycles. The highest BCUT2D eigenvalue weighted by Crippen LogP contribution is 2.13. The van der Waals surface area contributed by atoms with Gasteiger partial charge in [-0.2, -0.15) is 4.39 Å². The van der Waals surface area contributed by atoms with Crippen LogP contribution in [0.25, 0.3) is 0 Å². The third-order valence-electron chi connectivity index (χ3n) is 1.64. The van der Waals surface area contributed by atoms with E-state index in [0.717, 1.165) is 6.20 Å². The lowest BCUT2D eigenvalue weighted by atomic mass is 10.1. The number of hydrogen-bond donors (Lipinski definition) is 2. The molecular weight excluding hydrogens is 211 g/mol. The molecule has 0 spiro atoms. The molecule has 0 radical (unpaired) electrons. The van der Waals surface area contributed by atoms with Crippen LogP contribution in [-0.4, -0.2) is 22.1 Å². The Kier molecular flexibility index (Phi) is 3.38. The zero-order valence-electron chi connectivity index (χ0n) is 7.08. The molecule has 6 heteroatoms. The molecule has 1 rings (SSSR count). The van der Waals surface area contributed by atoms with Crippen LogP contribution in [0, 0.1) is 5.95 Å². The highest BCUT2D eigenvalue weighted by molar-refractivity contribution is 6.30. The van der Waals surface area contributed by atoms with E-state index in [4.69, 9.17) is 22.4 Å². The average molecular weight is 219 g/mol. The first-order chi connectivity index (χ1) is 6.50. The quantitative estimate of drug-likeness (QED) is 0.737. The van der Waals surface area contributed by atoms with Crippen molar-refractivity contribution in [1.82, 2.24) is 4.98 Å². The standard InChI is InChI=1S/C8H8ClFN2O2/c9-5-1-4(7(10)12-3-5)2-6(11)8(13)14/h1,3,6H,2,11H2,(H,13,14). The van der Waals surface area contributed by atoms with E-state index in [9.17, 15) is 9.18 Å². The fourth-order valence-corrected chi connectivity index (χ4v) is 1.11. The van der Waals surface area contributed by atoms with Crippen molar-refractivity contribution in [2.75, 3.05) is 0 Å². The molecule has 3 N–H and O–H groups in total. The summed E-state index contributed by atoms with van der Waals surface area (Å²) in [5.41, 5.74) is 5.33. The minimum Gasteiger partial charge on any atom is -0.480 e. The molecule has 0 bridgehead atoms. The fraction of sp³-hybridized carbons (Fsp3) is 0.250. The first-order valence-electron chi connectivity index (χ1n) is 3.79. The lowest BCUT2D eigenvalue weighted by Crippen LogP contribution is -2.32. The number of pyridine rings is 1. The Labute approximate surface area is 84.5 Å². The minimum atomic E-state index is -1.19. The summed E-state index contributed by atoms with van der Waals surface area (Å²) >= 11 is 5.56. The Morgan fingerprint density at radius 1 is 1.79 bits per heavy atom. The number of carboxylic acids is 1. The van der Waals surface area contributed by atoms with Gasteiger partial charge in [0, 0.05) is 18.2 Å². The Morgan fingerprint density at radius 2 is 2.43 bits per heavy atom. The molecule has 0 saturated heterocycles. The zero-order valence-corrected chi connectivity index (χ0v) is 7.83. The van der Waals surface area contributed by atoms with E-state index in [2.05, 4.69) is 4.98 Å². The number of carbonyl (C=O) groups is 1. The van der Waals surface area contributed by atoms with Crippen molar-refractivity contribution < 1.29 is 14.3 Å². The third-order valence-corrected chi connectivity index (χ3v) is 1.84. The number of aromatic nitrogens is 1. The number of hydrogen-bond acceptors (Lipinski definition) is 3. The van der Waals surface area contributed by atoms with Crippen molar-refractivity contribution >= 4 is 17.6 Å². The average Bonchev–Trinajstić information content (AvgIpc) is 2.11. The van der Waals surface area contributed by atoms with Crippen LogP contribution < -0.4 is 5.73 Å². The molecule has 0 aromatic carbocycles. The zero-order chi connectivity index (χ0) is 10.7. The van der Waals surface area contributed by atoms with Crippen LogP contribution in [0.5, 0.6) is 0 Å². The summed E-state index contributed by atoms with van der Waals surface area (Å²) in [5, 5.41) is 8.75. The van der Waals surface area contributed by atoms with Crippen molar-refractivity contribution in [3.8, 4) is 0 Å². The van der Waals surface area contributed by atoms with Gasteiger partial charge in [0.1, 0.15) is 6.04 Å². The molecule has 0 aliphatic rings. The number of carboxylic acid groups (broad SMARTS) is 1. The maximum atomic E-state index is 13.0. The summed E-state index contributed by atoms with van der Waals surface area (Å²) in [5.74, 6) is -1.93. The molecule has 4 nitrogen and oxygen atoms in total. The van der Waals surface area contributed by atoms with Gasteiger partial charge in [0.15, 0.2) is 0 Å². The molecule has 0 aliphatic heterocycles. The van der Waals surface area contributed by atoms with Gasteiger partial charge >= 0.3 is 5.97 Å². The Morgan fingerprint density at radius 3 is 3.00 bits per heavy atom. The molecule has 0 amide bonds. The number of nitrogens with zero attached hydrogens (tertiary/aromatic N) is 1. The second-order valence-electron chi connectivity index (χ2n) is 2.75. The van der Waals surface area contributed by atoms with E-state index < -0.39 is 18.0 Å². The van der Waals surface area contributed by atoms with Crippen LogP contribution in [0.1, 0.15) is 5.56 Å². The van der Waals surface area contributed by atoms with Gasteiger partial charge in [-0.15, -0.1) is 0 Å². The van der Waals surface area contributed by atoms with Crippen molar-refractivity contribution in [2.45, 2.75) is 12.5 Å². The first-order valence-corrected chi connectivity index (χ1v) is 4.17. The Hall–Kier alpha value is -1.20. The summed E-state index contributed by atoms with van der Waals surface area (Å²) in [6, 6.07) is 0.164. The minimum absolute atomic E-state index is 0.104. The largest absolute Gasteiger partial charge is 0.480 e. The van der Waals surface area contributed by atoms with E-state index in [1.807, 2.05) is 0 Å². The van der Waals surface area contributed by atoms with Gasteiger partial charge < -0.3 is 10.8 Å². The maximum absolute atomic E-state index is 13.0. The SMILES string of the molecule is NC(Cc1cc(Cl)cnc1F)C(=O)O. The molecule has 0 saturated carbocycles. The molecule has 14 heavy (non-hydrogen) atoms. The van der Waals surface area contributed by atoms with E-state index in [1.165, 1.54) is 6.07 Å². The fourth-order valence-electron chi connectivity index (χ4n) is 0.932. The summed E-state index contributed by atoms with van der Waals surface area (Å²) in [6.45, 7) is 0. The Bertz CT molecular complexity index is 359. The van der Waals surface area contributed by atoms with Crippen LogP contribution in [0.15, 0.2) is 12.3 Å². The lowest BCUT2D eigenvalue weighted by molar-refractivity contribution is -0.138. The highest BCUT2D eigenvalue weighted by atomic mass is 35.5. The molecule has 1 atom stereocenters. The predicted molar refractivity (Wildman–Crippen MR) is 48.5 cm³/mol. The topological polar surface area (TPSA) is 76.2 Å². The Balaban J connectivity index is 2.85. The molecule has 76 valence electrons. The molecular formula is C8H8ClFN2O2. The third kappa shape index (κ3) is 2.65. The molecule has 1 heterocycles. The van der Waals surface area contributed by atoms with Crippen LogP contribution in [0.4, 0.5) is 4.39 Å². The van der Waals surface area contributed by atoms with E-state index in [0.29, 0.717) is 0 Å². The van der Waals surface area contributed by atoms with Gasteiger partial charge in [0.25, 0.3) is 0 Å². The van der Waals surface area contributed by atoms with Crippen molar-refractivity contribution in [3.63, 3.8) is 0 Å². The second-order valence-corrected chi connectivity index (χ2v) is 3.19. The highest BCUT2D eigenvalue weighted by Gasteiger charge is 2.15. The van der Waals surface area contributed by atoms with Gasteiger partial charge in [-0.3, -0.25) is 4.79 Å². The van der Waals surface area contributed by atoms with Gasteiger partial charge in [-0.1, -0.05) is 11.6 Å². The normalized spacial score (nSPS) is 12.5. The predicted octanol–water partition coefficient (Wildman–Crippen LogP) is 0.829. The maximum Gasteiger partial charge on any atom is 0.320 e. The molecule has 1 aromatic rings. The summed E-state index contributed by atoms with van der Waals surface area (Å²) < 4.78 is 13.0. The summed E-state index contributed by atoms with van der Waals surface area (Å²) in [6.07, 6.45) is 1.02. The first kappa shape index (κ1) is 10.9.